The fourth-order valence-corrected chi connectivity index (χ4v) is 3.20. The van der Waals surface area contributed by atoms with E-state index in [1.807, 2.05) is 30.3 Å². The molecule has 6 nitrogen and oxygen atoms in total. The fourth-order valence-electron chi connectivity index (χ4n) is 3.20. The van der Waals surface area contributed by atoms with Crippen LogP contribution in [0.15, 0.2) is 30.3 Å². The van der Waals surface area contributed by atoms with Gasteiger partial charge in [-0.3, -0.25) is 14.5 Å². The van der Waals surface area contributed by atoms with E-state index in [4.69, 9.17) is 5.11 Å². The number of halogens is 1. The quantitative estimate of drug-likeness (QED) is 0.682. The molecule has 140 valence electrons. The van der Waals surface area contributed by atoms with Crippen molar-refractivity contribution in [2.75, 3.05) is 19.6 Å². The van der Waals surface area contributed by atoms with Crippen molar-refractivity contribution in [1.29, 1.82) is 0 Å². The van der Waals surface area contributed by atoms with E-state index in [1.165, 1.54) is 0 Å². The van der Waals surface area contributed by atoms with Crippen LogP contribution in [0.25, 0.3) is 0 Å². The number of aliphatic hydroxyl groups excluding tert-OH is 1. The van der Waals surface area contributed by atoms with Crippen LogP contribution in [0.3, 0.4) is 0 Å². The number of nitrogens with zero attached hydrogens (tertiary/aromatic N) is 1. The first kappa shape index (κ1) is 21.4. The summed E-state index contributed by atoms with van der Waals surface area (Å²) in [4.78, 5) is 24.6. The molecule has 1 heterocycles. The molecule has 25 heavy (non-hydrogen) atoms. The van der Waals surface area contributed by atoms with E-state index in [0.29, 0.717) is 6.42 Å². The van der Waals surface area contributed by atoms with Crippen LogP contribution in [0.5, 0.6) is 0 Å². The number of carboxylic acids is 1. The molecule has 2 unspecified atom stereocenters. The Morgan fingerprint density at radius 3 is 2.60 bits per heavy atom. The molecular weight excluding hydrogens is 344 g/mol. The molecule has 7 heteroatoms. The van der Waals surface area contributed by atoms with E-state index in [9.17, 15) is 14.7 Å². The normalized spacial score (nSPS) is 19.3. The summed E-state index contributed by atoms with van der Waals surface area (Å²) in [7, 11) is 0. The van der Waals surface area contributed by atoms with Crippen molar-refractivity contribution < 1.29 is 19.8 Å². The maximum Gasteiger partial charge on any atom is 0.322 e. The monoisotopic (exact) mass is 370 g/mol. The number of nitrogens with one attached hydrogen (secondary N) is 1. The molecule has 2 atom stereocenters. The molecule has 0 bridgehead atoms. The highest BCUT2D eigenvalue weighted by Crippen LogP contribution is 2.26. The Hall–Kier alpha value is -1.63. The number of hydrogen-bond acceptors (Lipinski definition) is 4. The minimum absolute atomic E-state index is 0. The minimum Gasteiger partial charge on any atom is -0.480 e. The predicted molar refractivity (Wildman–Crippen MR) is 97.7 cm³/mol. The van der Waals surface area contributed by atoms with Crippen LogP contribution in [-0.2, 0) is 9.59 Å². The molecular formula is C18H27ClN2O4. The number of carbonyl (C=O) groups is 2. The van der Waals surface area contributed by atoms with Gasteiger partial charge in [-0.25, -0.2) is 0 Å². The van der Waals surface area contributed by atoms with Crippen molar-refractivity contribution in [3.8, 4) is 0 Å². The second-order valence-electron chi connectivity index (χ2n) is 6.31. The van der Waals surface area contributed by atoms with Gasteiger partial charge in [0.05, 0.1) is 12.6 Å². The van der Waals surface area contributed by atoms with Gasteiger partial charge in [0.1, 0.15) is 6.54 Å². The lowest BCUT2D eigenvalue weighted by atomic mass is 9.98. The number of hydrogen-bond donors (Lipinski definition) is 3. The number of carboxylic acid groups (broad SMARTS) is 1. The molecule has 0 aliphatic carbocycles. The molecule has 0 radical (unpaired) electrons. The first-order valence-electron chi connectivity index (χ1n) is 8.52. The summed E-state index contributed by atoms with van der Waals surface area (Å²) in [5.41, 5.74) is 0.886. The highest BCUT2D eigenvalue weighted by molar-refractivity contribution is 5.85. The van der Waals surface area contributed by atoms with Crippen LogP contribution in [0.4, 0.5) is 0 Å². The largest absolute Gasteiger partial charge is 0.480 e. The first-order valence-corrected chi connectivity index (χ1v) is 8.52. The van der Waals surface area contributed by atoms with Crippen molar-refractivity contribution in [3.05, 3.63) is 35.9 Å². The molecule has 1 aliphatic rings. The summed E-state index contributed by atoms with van der Waals surface area (Å²) < 4.78 is 0. The Bertz CT molecular complexity index is 541. The summed E-state index contributed by atoms with van der Waals surface area (Å²) in [6.45, 7) is 0.621. The number of carbonyl (C=O) groups excluding carboxylic acids is 1. The number of aliphatic carboxylic acids is 1. The van der Waals surface area contributed by atoms with Gasteiger partial charge in [0.15, 0.2) is 0 Å². The SMILES string of the molecule is Cl.O=C(O)CNC(=O)CN1CCCCCC1CC(O)c1ccccc1. The predicted octanol–water partition coefficient (Wildman–Crippen LogP) is 1.98. The van der Waals surface area contributed by atoms with Gasteiger partial charge in [-0.2, -0.15) is 0 Å². The summed E-state index contributed by atoms with van der Waals surface area (Å²) in [5.74, 6) is -1.33. The zero-order valence-corrected chi connectivity index (χ0v) is 15.1. The summed E-state index contributed by atoms with van der Waals surface area (Å²) >= 11 is 0. The third-order valence-corrected chi connectivity index (χ3v) is 4.46. The second-order valence-corrected chi connectivity index (χ2v) is 6.31. The van der Waals surface area contributed by atoms with Crippen LogP contribution in [0, 0.1) is 0 Å². The smallest absolute Gasteiger partial charge is 0.322 e. The van der Waals surface area contributed by atoms with E-state index in [1.54, 1.807) is 0 Å². The summed E-state index contributed by atoms with van der Waals surface area (Å²) in [5, 5.41) is 21.5. The van der Waals surface area contributed by atoms with E-state index in [2.05, 4.69) is 10.2 Å². The van der Waals surface area contributed by atoms with Gasteiger partial charge in [-0.05, 0) is 31.4 Å². The van der Waals surface area contributed by atoms with Crippen LogP contribution >= 0.6 is 12.4 Å². The molecule has 1 aromatic rings. The van der Waals surface area contributed by atoms with Crippen LogP contribution in [0.2, 0.25) is 0 Å². The number of amides is 1. The zero-order chi connectivity index (χ0) is 17.4. The maximum absolute atomic E-state index is 12.0. The standard InChI is InChI=1S/C18H26N2O4.ClH/c21-16(14-7-3-1-4-8-14)11-15-9-5-2-6-10-20(15)13-17(22)19-12-18(23)24;/h1,3-4,7-8,15-16,21H,2,5-6,9-13H2,(H,19,22)(H,23,24);1H. The van der Waals surface area contributed by atoms with Crippen molar-refractivity contribution in [1.82, 2.24) is 10.2 Å². The number of rotatable bonds is 7. The average Bonchev–Trinajstić information content (AvgIpc) is 2.79. The molecule has 0 aromatic heterocycles. The lowest BCUT2D eigenvalue weighted by Gasteiger charge is -2.31. The van der Waals surface area contributed by atoms with Gasteiger partial charge >= 0.3 is 5.97 Å². The molecule has 0 spiro atoms. The van der Waals surface area contributed by atoms with Gasteiger partial charge in [-0.1, -0.05) is 43.2 Å². The van der Waals surface area contributed by atoms with Gasteiger partial charge in [0.25, 0.3) is 0 Å². The number of benzene rings is 1. The van der Waals surface area contributed by atoms with Gasteiger partial charge in [-0.15, -0.1) is 12.4 Å². The Balaban J connectivity index is 0.00000312. The maximum atomic E-state index is 12.0. The van der Waals surface area contributed by atoms with Crippen LogP contribution < -0.4 is 5.32 Å². The van der Waals surface area contributed by atoms with E-state index in [-0.39, 0.29) is 37.4 Å². The summed E-state index contributed by atoms with van der Waals surface area (Å²) in [6, 6.07) is 9.67. The van der Waals surface area contributed by atoms with Gasteiger partial charge in [0, 0.05) is 6.04 Å². The average molecular weight is 371 g/mol. The Morgan fingerprint density at radius 1 is 1.20 bits per heavy atom. The Labute approximate surface area is 154 Å². The van der Waals surface area contributed by atoms with Crippen LogP contribution in [0.1, 0.15) is 43.8 Å². The third-order valence-electron chi connectivity index (χ3n) is 4.46. The molecule has 1 aromatic carbocycles. The molecule has 1 fully saturated rings. The molecule has 1 saturated heterocycles. The van der Waals surface area contributed by atoms with Crippen molar-refractivity contribution in [2.24, 2.45) is 0 Å². The van der Waals surface area contributed by atoms with E-state index >= 15 is 0 Å². The van der Waals surface area contributed by atoms with Gasteiger partial charge in [0.2, 0.25) is 5.91 Å². The second kappa shape index (κ2) is 11.1. The zero-order valence-electron chi connectivity index (χ0n) is 14.3. The first-order chi connectivity index (χ1) is 11.6. The Kier molecular flexibility index (Phi) is 9.49. The van der Waals surface area contributed by atoms with Crippen molar-refractivity contribution in [3.63, 3.8) is 0 Å². The number of likely N-dealkylation sites (tertiary alicyclic amines) is 1. The Morgan fingerprint density at radius 2 is 1.92 bits per heavy atom. The van der Waals surface area contributed by atoms with Gasteiger partial charge < -0.3 is 15.5 Å². The molecule has 2 rings (SSSR count). The number of aliphatic hydroxyl groups is 1. The molecule has 1 aliphatic heterocycles. The molecule has 0 saturated carbocycles. The lowest BCUT2D eigenvalue weighted by molar-refractivity contribution is -0.138. The summed E-state index contributed by atoms with van der Waals surface area (Å²) in [6.07, 6.45) is 4.18. The highest BCUT2D eigenvalue weighted by atomic mass is 35.5. The highest BCUT2D eigenvalue weighted by Gasteiger charge is 2.25. The van der Waals surface area contributed by atoms with Crippen LogP contribution in [-0.4, -0.2) is 52.7 Å². The van der Waals surface area contributed by atoms with Crippen molar-refractivity contribution in [2.45, 2.75) is 44.2 Å². The molecule has 1 amide bonds. The van der Waals surface area contributed by atoms with E-state index < -0.39 is 12.1 Å². The lowest BCUT2D eigenvalue weighted by Crippen LogP contribution is -2.44. The topological polar surface area (TPSA) is 89.9 Å². The van der Waals surface area contributed by atoms with Crippen molar-refractivity contribution >= 4 is 24.3 Å². The van der Waals surface area contributed by atoms with E-state index in [0.717, 1.165) is 37.8 Å². The third kappa shape index (κ3) is 7.42. The fraction of sp³-hybridized carbons (Fsp3) is 0.556. The molecule has 3 N–H and O–H groups in total. The minimum atomic E-state index is -1.05.